The van der Waals surface area contributed by atoms with Gasteiger partial charge in [0.1, 0.15) is 10.7 Å². The van der Waals surface area contributed by atoms with E-state index < -0.39 is 0 Å². The lowest BCUT2D eigenvalue weighted by Gasteiger charge is -2.24. The fourth-order valence-corrected chi connectivity index (χ4v) is 3.94. The Morgan fingerprint density at radius 1 is 1.29 bits per heavy atom. The van der Waals surface area contributed by atoms with E-state index in [0.717, 1.165) is 49.6 Å². The molecule has 1 aromatic heterocycles. The highest BCUT2D eigenvalue weighted by atomic mass is 32.1. The van der Waals surface area contributed by atoms with E-state index in [0.29, 0.717) is 17.7 Å². The summed E-state index contributed by atoms with van der Waals surface area (Å²) in [5, 5.41) is 2.82. The molecule has 1 saturated carbocycles. The van der Waals surface area contributed by atoms with Crippen molar-refractivity contribution in [3.63, 3.8) is 0 Å². The number of ether oxygens (including phenoxy) is 1. The van der Waals surface area contributed by atoms with Gasteiger partial charge >= 0.3 is 0 Å². The Morgan fingerprint density at radius 2 is 2.08 bits per heavy atom. The number of thiazole rings is 1. The van der Waals surface area contributed by atoms with Crippen molar-refractivity contribution in [2.24, 2.45) is 5.92 Å². The van der Waals surface area contributed by atoms with E-state index in [9.17, 15) is 4.79 Å². The minimum Gasteiger partial charge on any atom is -0.381 e. The molecule has 4 rings (SSSR count). The SMILES string of the molecule is Cc1ccc(-c2nc(C(=O)N(CC3CCOC3)C3CC3)cs2)cc1. The molecule has 1 aliphatic heterocycles. The molecular formula is C19H22N2O2S. The molecule has 24 heavy (non-hydrogen) atoms. The van der Waals surface area contributed by atoms with E-state index in [1.165, 1.54) is 5.56 Å². The molecule has 0 N–H and O–H groups in total. The lowest BCUT2D eigenvalue weighted by atomic mass is 10.1. The average Bonchev–Trinajstić information content (AvgIpc) is 3.10. The lowest BCUT2D eigenvalue weighted by Crippen LogP contribution is -2.37. The molecule has 0 spiro atoms. The summed E-state index contributed by atoms with van der Waals surface area (Å²) in [5.74, 6) is 0.559. The summed E-state index contributed by atoms with van der Waals surface area (Å²) in [4.78, 5) is 19.6. The van der Waals surface area contributed by atoms with E-state index in [2.05, 4.69) is 36.2 Å². The predicted octanol–water partition coefficient (Wildman–Crippen LogP) is 3.76. The van der Waals surface area contributed by atoms with Gasteiger partial charge in [-0.05, 0) is 26.2 Å². The van der Waals surface area contributed by atoms with Crippen LogP contribution in [0.25, 0.3) is 10.6 Å². The number of hydrogen-bond acceptors (Lipinski definition) is 4. The second kappa shape index (κ2) is 6.65. The van der Waals surface area contributed by atoms with Gasteiger partial charge in [-0.3, -0.25) is 4.79 Å². The number of amides is 1. The zero-order chi connectivity index (χ0) is 16.5. The lowest BCUT2D eigenvalue weighted by molar-refractivity contribution is 0.0701. The highest BCUT2D eigenvalue weighted by Gasteiger charge is 2.36. The molecule has 1 aromatic carbocycles. The molecule has 0 radical (unpaired) electrons. The van der Waals surface area contributed by atoms with Gasteiger partial charge in [0.15, 0.2) is 0 Å². The zero-order valence-corrected chi connectivity index (χ0v) is 14.7. The Balaban J connectivity index is 1.51. The fraction of sp³-hybridized carbons (Fsp3) is 0.474. The second-order valence-electron chi connectivity index (χ2n) is 6.82. The van der Waals surface area contributed by atoms with Gasteiger partial charge in [-0.2, -0.15) is 0 Å². The monoisotopic (exact) mass is 342 g/mol. The molecule has 1 amide bonds. The van der Waals surface area contributed by atoms with Crippen LogP contribution in [0.1, 0.15) is 35.3 Å². The zero-order valence-electron chi connectivity index (χ0n) is 13.9. The largest absolute Gasteiger partial charge is 0.381 e. The van der Waals surface area contributed by atoms with Crippen LogP contribution in [0.5, 0.6) is 0 Å². The van der Waals surface area contributed by atoms with Gasteiger partial charge in [0.2, 0.25) is 0 Å². The van der Waals surface area contributed by atoms with Crippen LogP contribution in [0.4, 0.5) is 0 Å². The van der Waals surface area contributed by atoms with E-state index in [1.807, 2.05) is 10.3 Å². The number of rotatable bonds is 5. The fourth-order valence-electron chi connectivity index (χ4n) is 3.14. The predicted molar refractivity (Wildman–Crippen MR) is 95.3 cm³/mol. The molecule has 5 heteroatoms. The third kappa shape index (κ3) is 3.37. The van der Waals surface area contributed by atoms with E-state index >= 15 is 0 Å². The Morgan fingerprint density at radius 3 is 2.75 bits per heavy atom. The smallest absolute Gasteiger partial charge is 0.273 e. The van der Waals surface area contributed by atoms with Crippen LogP contribution >= 0.6 is 11.3 Å². The van der Waals surface area contributed by atoms with Gasteiger partial charge in [0, 0.05) is 36.1 Å². The molecule has 1 atom stereocenters. The van der Waals surface area contributed by atoms with Crippen molar-refractivity contribution < 1.29 is 9.53 Å². The van der Waals surface area contributed by atoms with Gasteiger partial charge in [-0.15, -0.1) is 11.3 Å². The van der Waals surface area contributed by atoms with Crippen LogP contribution in [-0.4, -0.2) is 41.6 Å². The van der Waals surface area contributed by atoms with Crippen LogP contribution in [0, 0.1) is 12.8 Å². The second-order valence-corrected chi connectivity index (χ2v) is 7.68. The maximum atomic E-state index is 12.9. The maximum absolute atomic E-state index is 12.9. The van der Waals surface area contributed by atoms with Crippen molar-refractivity contribution in [2.45, 2.75) is 32.2 Å². The summed E-state index contributed by atoms with van der Waals surface area (Å²) in [6.07, 6.45) is 3.30. The first-order chi connectivity index (χ1) is 11.7. The van der Waals surface area contributed by atoms with Gasteiger partial charge < -0.3 is 9.64 Å². The number of carbonyl (C=O) groups is 1. The van der Waals surface area contributed by atoms with Gasteiger partial charge in [-0.1, -0.05) is 29.8 Å². The summed E-state index contributed by atoms with van der Waals surface area (Å²) in [6, 6.07) is 8.69. The molecule has 2 aliphatic rings. The van der Waals surface area contributed by atoms with Crippen molar-refractivity contribution in [3.05, 3.63) is 40.9 Å². The molecule has 126 valence electrons. The molecule has 1 saturated heterocycles. The van der Waals surface area contributed by atoms with Crippen molar-refractivity contribution in [1.82, 2.24) is 9.88 Å². The van der Waals surface area contributed by atoms with Crippen LogP contribution in [0.2, 0.25) is 0 Å². The minimum atomic E-state index is 0.0824. The molecule has 0 bridgehead atoms. The summed E-state index contributed by atoms with van der Waals surface area (Å²) >= 11 is 1.55. The number of benzene rings is 1. The topological polar surface area (TPSA) is 42.4 Å². The summed E-state index contributed by atoms with van der Waals surface area (Å²) in [7, 11) is 0. The van der Waals surface area contributed by atoms with Crippen molar-refractivity contribution in [3.8, 4) is 10.6 Å². The number of aromatic nitrogens is 1. The Bertz CT molecular complexity index is 715. The molecule has 2 aromatic rings. The molecule has 4 nitrogen and oxygen atoms in total. The van der Waals surface area contributed by atoms with Crippen molar-refractivity contribution in [2.75, 3.05) is 19.8 Å². The average molecular weight is 342 g/mol. The van der Waals surface area contributed by atoms with Gasteiger partial charge in [-0.25, -0.2) is 4.98 Å². The Labute approximate surface area is 146 Å². The number of carbonyl (C=O) groups excluding carboxylic acids is 1. The van der Waals surface area contributed by atoms with Crippen molar-refractivity contribution in [1.29, 1.82) is 0 Å². The molecule has 1 unspecified atom stereocenters. The van der Waals surface area contributed by atoms with Crippen LogP contribution < -0.4 is 0 Å². The highest BCUT2D eigenvalue weighted by Crippen LogP contribution is 2.31. The molecular weight excluding hydrogens is 320 g/mol. The standard InChI is InChI=1S/C19H22N2O2S/c1-13-2-4-15(5-3-13)18-20-17(12-24-18)19(22)21(16-6-7-16)10-14-8-9-23-11-14/h2-5,12,14,16H,6-11H2,1H3. The first kappa shape index (κ1) is 15.8. The third-order valence-electron chi connectivity index (χ3n) is 4.75. The first-order valence-corrected chi connectivity index (χ1v) is 9.50. The number of aryl methyl sites for hydroxylation is 1. The van der Waals surface area contributed by atoms with E-state index in [1.54, 1.807) is 11.3 Å². The summed E-state index contributed by atoms with van der Waals surface area (Å²) in [6.45, 7) is 4.48. The summed E-state index contributed by atoms with van der Waals surface area (Å²) < 4.78 is 5.46. The normalized spacial score (nSPS) is 20.3. The van der Waals surface area contributed by atoms with Crippen LogP contribution in [0.3, 0.4) is 0 Å². The van der Waals surface area contributed by atoms with E-state index in [4.69, 9.17) is 4.74 Å². The number of hydrogen-bond donors (Lipinski definition) is 0. The minimum absolute atomic E-state index is 0.0824. The number of nitrogens with zero attached hydrogens (tertiary/aromatic N) is 2. The first-order valence-electron chi connectivity index (χ1n) is 8.62. The highest BCUT2D eigenvalue weighted by molar-refractivity contribution is 7.13. The maximum Gasteiger partial charge on any atom is 0.273 e. The molecule has 2 heterocycles. The van der Waals surface area contributed by atoms with Crippen LogP contribution in [0.15, 0.2) is 29.6 Å². The Kier molecular flexibility index (Phi) is 4.37. The molecule has 2 fully saturated rings. The van der Waals surface area contributed by atoms with Gasteiger partial charge in [0.05, 0.1) is 6.61 Å². The Hall–Kier alpha value is -1.72. The van der Waals surface area contributed by atoms with Gasteiger partial charge in [0.25, 0.3) is 5.91 Å². The van der Waals surface area contributed by atoms with Crippen molar-refractivity contribution >= 4 is 17.2 Å². The summed E-state index contributed by atoms with van der Waals surface area (Å²) in [5.41, 5.74) is 2.89. The van der Waals surface area contributed by atoms with Crippen LogP contribution in [-0.2, 0) is 4.74 Å². The van der Waals surface area contributed by atoms with E-state index in [-0.39, 0.29) is 5.91 Å². The quantitative estimate of drug-likeness (QED) is 0.831. The third-order valence-corrected chi connectivity index (χ3v) is 5.64. The molecule has 1 aliphatic carbocycles.